The molecule has 0 bridgehead atoms. The van der Waals surface area contributed by atoms with Crippen LogP contribution in [0.15, 0.2) is 0 Å². The van der Waals surface area contributed by atoms with Crippen molar-refractivity contribution in [2.24, 2.45) is 5.92 Å². The van der Waals surface area contributed by atoms with E-state index in [0.717, 1.165) is 19.5 Å². The van der Waals surface area contributed by atoms with Gasteiger partial charge >= 0.3 is 0 Å². The first kappa shape index (κ1) is 13.3. The molecule has 0 amide bonds. The Balaban J connectivity index is 1.91. The molecule has 2 unspecified atom stereocenters. The first-order valence-corrected chi connectivity index (χ1v) is 7.94. The fraction of sp³-hybridized carbons (Fsp3) is 1.00. The van der Waals surface area contributed by atoms with E-state index in [2.05, 4.69) is 10.0 Å². The zero-order valence-electron chi connectivity index (χ0n) is 10.3. The summed E-state index contributed by atoms with van der Waals surface area (Å²) in [6.07, 6.45) is 2.29. The maximum absolute atomic E-state index is 12.2. The molecule has 2 atom stereocenters. The Morgan fingerprint density at radius 1 is 1.29 bits per heavy atom. The second-order valence-electron chi connectivity index (χ2n) is 5.02. The van der Waals surface area contributed by atoms with Gasteiger partial charge in [0.1, 0.15) is 0 Å². The number of sulfonamides is 1. The van der Waals surface area contributed by atoms with Crippen molar-refractivity contribution in [3.05, 3.63) is 0 Å². The Morgan fingerprint density at radius 2 is 2.00 bits per heavy atom. The average Bonchev–Trinajstić information content (AvgIpc) is 2.83. The van der Waals surface area contributed by atoms with Crippen molar-refractivity contribution >= 4 is 10.0 Å². The zero-order valence-corrected chi connectivity index (χ0v) is 11.1. The molecular weight excluding hydrogens is 240 g/mol. The summed E-state index contributed by atoms with van der Waals surface area (Å²) in [6, 6.07) is 0.0258. The molecule has 2 heterocycles. The molecule has 2 N–H and O–H groups in total. The second-order valence-corrected chi connectivity index (χ2v) is 7.01. The molecule has 0 aromatic rings. The average molecular weight is 262 g/mol. The van der Waals surface area contributed by atoms with E-state index in [0.29, 0.717) is 32.0 Å². The Morgan fingerprint density at radius 3 is 2.59 bits per heavy atom. The van der Waals surface area contributed by atoms with Crippen molar-refractivity contribution in [2.75, 3.05) is 26.3 Å². The Kier molecular flexibility index (Phi) is 4.41. The molecule has 0 radical (unpaired) electrons. The molecule has 100 valence electrons. The van der Waals surface area contributed by atoms with Crippen LogP contribution in [-0.4, -0.2) is 46.0 Å². The third kappa shape index (κ3) is 3.40. The van der Waals surface area contributed by atoms with Gasteiger partial charge < -0.3 is 10.1 Å². The van der Waals surface area contributed by atoms with Gasteiger partial charge in [0.2, 0.25) is 10.0 Å². The van der Waals surface area contributed by atoms with Gasteiger partial charge in [-0.1, -0.05) is 0 Å². The summed E-state index contributed by atoms with van der Waals surface area (Å²) in [5.74, 6) is 0.421. The third-order valence-electron chi connectivity index (χ3n) is 3.76. The van der Waals surface area contributed by atoms with Crippen molar-refractivity contribution in [1.82, 2.24) is 10.0 Å². The molecule has 0 spiro atoms. The third-order valence-corrected chi connectivity index (χ3v) is 5.81. The van der Waals surface area contributed by atoms with Crippen LogP contribution < -0.4 is 10.0 Å². The van der Waals surface area contributed by atoms with Gasteiger partial charge in [-0.2, -0.15) is 0 Å². The maximum Gasteiger partial charge on any atom is 0.214 e. The molecule has 0 aliphatic carbocycles. The van der Waals surface area contributed by atoms with Crippen LogP contribution in [0.1, 0.15) is 26.2 Å². The van der Waals surface area contributed by atoms with Gasteiger partial charge in [0, 0.05) is 19.3 Å². The van der Waals surface area contributed by atoms with Crippen molar-refractivity contribution in [2.45, 2.75) is 37.5 Å². The van der Waals surface area contributed by atoms with E-state index in [4.69, 9.17) is 4.74 Å². The number of nitrogens with one attached hydrogen (secondary N) is 2. The second kappa shape index (κ2) is 5.65. The first-order chi connectivity index (χ1) is 8.09. The zero-order chi connectivity index (χ0) is 12.3. The van der Waals surface area contributed by atoms with Gasteiger partial charge in [-0.3, -0.25) is 0 Å². The van der Waals surface area contributed by atoms with Gasteiger partial charge in [0.05, 0.1) is 5.25 Å². The highest BCUT2D eigenvalue weighted by molar-refractivity contribution is 7.90. The predicted octanol–water partition coefficient (Wildman–Crippen LogP) is 0.0828. The lowest BCUT2D eigenvalue weighted by Gasteiger charge is -2.26. The SMILES string of the molecule is CC(NS(=O)(=O)C1CCOCC1)C1CCNC1. The maximum atomic E-state index is 12.2. The van der Waals surface area contributed by atoms with E-state index < -0.39 is 10.0 Å². The number of ether oxygens (including phenoxy) is 1. The topological polar surface area (TPSA) is 67.4 Å². The monoisotopic (exact) mass is 262 g/mol. The normalized spacial score (nSPS) is 29.4. The predicted molar refractivity (Wildman–Crippen MR) is 66.3 cm³/mol. The van der Waals surface area contributed by atoms with Crippen LogP contribution >= 0.6 is 0 Å². The molecule has 2 rings (SSSR count). The lowest BCUT2D eigenvalue weighted by Crippen LogP contribution is -2.45. The van der Waals surface area contributed by atoms with Gasteiger partial charge in [-0.05, 0) is 45.2 Å². The number of rotatable bonds is 4. The van der Waals surface area contributed by atoms with Crippen molar-refractivity contribution in [1.29, 1.82) is 0 Å². The fourth-order valence-corrected chi connectivity index (χ4v) is 4.26. The van der Waals surface area contributed by atoms with E-state index in [1.807, 2.05) is 6.92 Å². The summed E-state index contributed by atoms with van der Waals surface area (Å²) in [4.78, 5) is 0. The van der Waals surface area contributed by atoms with Gasteiger partial charge in [0.15, 0.2) is 0 Å². The van der Waals surface area contributed by atoms with Crippen LogP contribution in [0.25, 0.3) is 0 Å². The fourth-order valence-electron chi connectivity index (χ4n) is 2.54. The molecule has 0 saturated carbocycles. The highest BCUT2D eigenvalue weighted by atomic mass is 32.2. The van der Waals surface area contributed by atoms with Crippen LogP contribution in [0.2, 0.25) is 0 Å². The Bertz CT molecular complexity index is 333. The first-order valence-electron chi connectivity index (χ1n) is 6.39. The minimum atomic E-state index is -3.18. The molecule has 5 nitrogen and oxygen atoms in total. The quantitative estimate of drug-likeness (QED) is 0.753. The summed E-state index contributed by atoms with van der Waals surface area (Å²) in [7, 11) is -3.18. The standard InChI is InChI=1S/C11H22N2O3S/c1-9(10-2-5-12-8-10)13-17(14,15)11-3-6-16-7-4-11/h9-13H,2-8H2,1H3. The van der Waals surface area contributed by atoms with Crippen LogP contribution in [0, 0.1) is 5.92 Å². The molecular formula is C11H22N2O3S. The highest BCUT2D eigenvalue weighted by Crippen LogP contribution is 2.18. The summed E-state index contributed by atoms with van der Waals surface area (Å²) >= 11 is 0. The summed E-state index contributed by atoms with van der Waals surface area (Å²) < 4.78 is 32.4. The summed E-state index contributed by atoms with van der Waals surface area (Å²) in [6.45, 7) is 5.00. The summed E-state index contributed by atoms with van der Waals surface area (Å²) in [5, 5.41) is 2.99. The smallest absolute Gasteiger partial charge is 0.214 e. The van der Waals surface area contributed by atoms with Gasteiger partial charge in [-0.15, -0.1) is 0 Å². The largest absolute Gasteiger partial charge is 0.381 e. The van der Waals surface area contributed by atoms with Crippen LogP contribution in [-0.2, 0) is 14.8 Å². The van der Waals surface area contributed by atoms with Crippen LogP contribution in [0.5, 0.6) is 0 Å². The van der Waals surface area contributed by atoms with E-state index in [1.165, 1.54) is 0 Å². The van der Waals surface area contributed by atoms with Crippen LogP contribution in [0.4, 0.5) is 0 Å². The lowest BCUT2D eigenvalue weighted by atomic mass is 10.0. The van der Waals surface area contributed by atoms with E-state index in [-0.39, 0.29) is 11.3 Å². The highest BCUT2D eigenvalue weighted by Gasteiger charge is 2.31. The molecule has 2 aliphatic rings. The molecule has 0 aromatic carbocycles. The van der Waals surface area contributed by atoms with E-state index in [1.54, 1.807) is 0 Å². The van der Waals surface area contributed by atoms with Crippen molar-refractivity contribution in [3.8, 4) is 0 Å². The van der Waals surface area contributed by atoms with Gasteiger partial charge in [-0.25, -0.2) is 13.1 Å². The molecule has 0 aromatic heterocycles. The minimum absolute atomic E-state index is 0.0258. The minimum Gasteiger partial charge on any atom is -0.381 e. The lowest BCUT2D eigenvalue weighted by molar-refractivity contribution is 0.0980. The number of hydrogen-bond donors (Lipinski definition) is 2. The van der Waals surface area contributed by atoms with Crippen molar-refractivity contribution in [3.63, 3.8) is 0 Å². The molecule has 2 aliphatic heterocycles. The van der Waals surface area contributed by atoms with Crippen LogP contribution in [0.3, 0.4) is 0 Å². The molecule has 6 heteroatoms. The molecule has 2 fully saturated rings. The number of hydrogen-bond acceptors (Lipinski definition) is 4. The van der Waals surface area contributed by atoms with Gasteiger partial charge in [0.25, 0.3) is 0 Å². The van der Waals surface area contributed by atoms with E-state index >= 15 is 0 Å². The molecule has 17 heavy (non-hydrogen) atoms. The van der Waals surface area contributed by atoms with Crippen molar-refractivity contribution < 1.29 is 13.2 Å². The Labute approximate surface area is 103 Å². The van der Waals surface area contributed by atoms with E-state index in [9.17, 15) is 8.42 Å². The summed E-state index contributed by atoms with van der Waals surface area (Å²) in [5.41, 5.74) is 0. The molecule has 2 saturated heterocycles. The Hall–Kier alpha value is -0.170.